The second-order valence-corrected chi connectivity index (χ2v) is 8.22. The van der Waals surface area contributed by atoms with Crippen LogP contribution in [0.15, 0.2) is 42.0 Å². The number of guanidine groups is 1. The third-order valence-electron chi connectivity index (χ3n) is 5.84. The van der Waals surface area contributed by atoms with Gasteiger partial charge in [-0.1, -0.05) is 6.92 Å². The highest BCUT2D eigenvalue weighted by atomic mass is 127. The van der Waals surface area contributed by atoms with E-state index in [0.29, 0.717) is 24.4 Å². The second kappa shape index (κ2) is 11.0. The smallest absolute Gasteiger partial charge is 0.213 e. The summed E-state index contributed by atoms with van der Waals surface area (Å²) in [6.45, 7) is 8.65. The van der Waals surface area contributed by atoms with Gasteiger partial charge in [0.15, 0.2) is 5.96 Å². The molecular weight excluding hydrogens is 491 g/mol. The molecule has 7 nitrogen and oxygen atoms in total. The third-order valence-corrected chi connectivity index (χ3v) is 5.84. The number of aliphatic imine (C=N–C) groups is 1. The highest BCUT2D eigenvalue weighted by Gasteiger charge is 2.29. The summed E-state index contributed by atoms with van der Waals surface area (Å²) in [6.07, 6.45) is 11.4. The number of hydrogen-bond donors (Lipinski definition) is 1. The Morgan fingerprint density at radius 2 is 2.17 bits per heavy atom. The summed E-state index contributed by atoms with van der Waals surface area (Å²) >= 11 is 0. The SMILES string of the molecule is CCNC(=NCc1ccnc(OCC2CC2)c1)N1CCC(C)C(n2ccnc2)C1.I. The van der Waals surface area contributed by atoms with Gasteiger partial charge in [0.2, 0.25) is 5.88 Å². The van der Waals surface area contributed by atoms with Crippen molar-refractivity contribution in [3.63, 3.8) is 0 Å². The zero-order chi connectivity index (χ0) is 20.1. The number of pyridine rings is 1. The molecule has 1 N–H and O–H groups in total. The Morgan fingerprint density at radius 3 is 2.90 bits per heavy atom. The van der Waals surface area contributed by atoms with Crippen LogP contribution in [-0.2, 0) is 6.54 Å². The molecule has 2 aliphatic rings. The minimum atomic E-state index is 0. The molecule has 2 unspecified atom stereocenters. The average Bonchev–Trinajstić information content (AvgIpc) is 3.42. The summed E-state index contributed by atoms with van der Waals surface area (Å²) in [6, 6.07) is 4.45. The molecule has 1 saturated carbocycles. The van der Waals surface area contributed by atoms with E-state index in [4.69, 9.17) is 9.73 Å². The first-order valence-corrected chi connectivity index (χ1v) is 10.8. The van der Waals surface area contributed by atoms with Crippen LogP contribution in [0.3, 0.4) is 0 Å². The van der Waals surface area contributed by atoms with E-state index in [1.807, 2.05) is 30.9 Å². The fourth-order valence-electron chi connectivity index (χ4n) is 3.80. The van der Waals surface area contributed by atoms with Crippen LogP contribution >= 0.6 is 24.0 Å². The fourth-order valence-corrected chi connectivity index (χ4v) is 3.80. The minimum absolute atomic E-state index is 0. The molecule has 1 aliphatic carbocycles. The molecule has 3 heterocycles. The van der Waals surface area contributed by atoms with Gasteiger partial charge in [-0.05, 0) is 49.7 Å². The van der Waals surface area contributed by atoms with E-state index < -0.39 is 0 Å². The van der Waals surface area contributed by atoms with Gasteiger partial charge in [0.1, 0.15) is 0 Å². The zero-order valence-electron chi connectivity index (χ0n) is 17.9. The molecule has 0 radical (unpaired) electrons. The number of piperidine rings is 1. The van der Waals surface area contributed by atoms with Gasteiger partial charge in [-0.3, -0.25) is 0 Å². The molecule has 0 spiro atoms. The molecule has 1 saturated heterocycles. The summed E-state index contributed by atoms with van der Waals surface area (Å²) in [5.74, 6) is 3.03. The number of nitrogens with one attached hydrogen (secondary N) is 1. The molecule has 2 aromatic heterocycles. The third kappa shape index (κ3) is 6.09. The summed E-state index contributed by atoms with van der Waals surface area (Å²) in [5, 5.41) is 3.47. The molecule has 0 bridgehead atoms. The van der Waals surface area contributed by atoms with Crippen molar-refractivity contribution in [1.82, 2.24) is 24.8 Å². The highest BCUT2D eigenvalue weighted by molar-refractivity contribution is 14.0. The van der Waals surface area contributed by atoms with Gasteiger partial charge in [-0.15, -0.1) is 24.0 Å². The zero-order valence-corrected chi connectivity index (χ0v) is 20.2. The van der Waals surface area contributed by atoms with E-state index in [0.717, 1.165) is 50.1 Å². The van der Waals surface area contributed by atoms with Crippen molar-refractivity contribution in [3.05, 3.63) is 42.6 Å². The molecule has 2 fully saturated rings. The molecule has 1 aliphatic heterocycles. The molecule has 2 aromatic rings. The first-order chi connectivity index (χ1) is 14.2. The maximum atomic E-state index is 5.81. The van der Waals surface area contributed by atoms with Crippen molar-refractivity contribution in [2.75, 3.05) is 26.2 Å². The van der Waals surface area contributed by atoms with Crippen molar-refractivity contribution in [1.29, 1.82) is 0 Å². The predicted molar refractivity (Wildman–Crippen MR) is 129 cm³/mol. The lowest BCUT2D eigenvalue weighted by molar-refractivity contribution is 0.189. The highest BCUT2D eigenvalue weighted by Crippen LogP contribution is 2.29. The number of hydrogen-bond acceptors (Lipinski definition) is 4. The fraction of sp³-hybridized carbons (Fsp3) is 0.591. The molecule has 2 atom stereocenters. The van der Waals surface area contributed by atoms with Crippen LogP contribution in [0.5, 0.6) is 5.88 Å². The van der Waals surface area contributed by atoms with Crippen LogP contribution in [0.25, 0.3) is 0 Å². The van der Waals surface area contributed by atoms with E-state index in [1.165, 1.54) is 12.8 Å². The first-order valence-electron chi connectivity index (χ1n) is 10.8. The van der Waals surface area contributed by atoms with Gasteiger partial charge in [-0.2, -0.15) is 0 Å². The Hall–Kier alpha value is -1.84. The number of aromatic nitrogens is 3. The van der Waals surface area contributed by atoms with E-state index in [1.54, 1.807) is 0 Å². The molecule has 0 aromatic carbocycles. The summed E-state index contributed by atoms with van der Waals surface area (Å²) in [7, 11) is 0. The summed E-state index contributed by atoms with van der Waals surface area (Å²) in [4.78, 5) is 15.9. The Kier molecular flexibility index (Phi) is 8.35. The van der Waals surface area contributed by atoms with E-state index in [2.05, 4.69) is 44.8 Å². The molecule has 8 heteroatoms. The van der Waals surface area contributed by atoms with Crippen molar-refractivity contribution in [2.24, 2.45) is 16.8 Å². The molecule has 4 rings (SSSR count). The monoisotopic (exact) mass is 524 g/mol. The normalized spacial score (nSPS) is 21.8. The van der Waals surface area contributed by atoms with Crippen molar-refractivity contribution in [2.45, 2.75) is 45.7 Å². The Bertz CT molecular complexity index is 808. The van der Waals surface area contributed by atoms with Crippen molar-refractivity contribution >= 4 is 29.9 Å². The van der Waals surface area contributed by atoms with Gasteiger partial charge < -0.3 is 19.5 Å². The lowest BCUT2D eigenvalue weighted by atomic mass is 9.93. The quantitative estimate of drug-likeness (QED) is 0.340. The molecule has 30 heavy (non-hydrogen) atoms. The van der Waals surface area contributed by atoms with Crippen LogP contribution in [-0.4, -0.2) is 51.6 Å². The molecular formula is C22H33IN6O. The van der Waals surface area contributed by atoms with Gasteiger partial charge in [0.05, 0.1) is 25.5 Å². The lowest BCUT2D eigenvalue weighted by Gasteiger charge is -2.39. The summed E-state index contributed by atoms with van der Waals surface area (Å²) in [5.41, 5.74) is 1.12. The van der Waals surface area contributed by atoms with E-state index in [-0.39, 0.29) is 24.0 Å². The predicted octanol–water partition coefficient (Wildman–Crippen LogP) is 3.73. The van der Waals surface area contributed by atoms with Crippen molar-refractivity contribution in [3.8, 4) is 5.88 Å². The van der Waals surface area contributed by atoms with E-state index in [9.17, 15) is 0 Å². The minimum Gasteiger partial charge on any atom is -0.477 e. The molecule has 0 amide bonds. The topological polar surface area (TPSA) is 67.6 Å². The van der Waals surface area contributed by atoms with Gasteiger partial charge >= 0.3 is 0 Å². The Balaban J connectivity index is 0.00000256. The van der Waals surface area contributed by atoms with Crippen LogP contribution in [0.2, 0.25) is 0 Å². The molecule has 164 valence electrons. The van der Waals surface area contributed by atoms with Crippen LogP contribution in [0.1, 0.15) is 44.7 Å². The van der Waals surface area contributed by atoms with Crippen LogP contribution < -0.4 is 10.1 Å². The number of likely N-dealkylation sites (tertiary alicyclic amines) is 1. The summed E-state index contributed by atoms with van der Waals surface area (Å²) < 4.78 is 8.04. The maximum Gasteiger partial charge on any atom is 0.213 e. The number of ether oxygens (including phenoxy) is 1. The average molecular weight is 524 g/mol. The Labute approximate surface area is 196 Å². The lowest BCUT2D eigenvalue weighted by Crippen LogP contribution is -2.49. The number of halogens is 1. The van der Waals surface area contributed by atoms with E-state index >= 15 is 0 Å². The number of imidazole rings is 1. The standard InChI is InChI=1S/C22H32N6O.HI/c1-3-24-22(27-10-7-17(2)20(14-27)28-11-9-23-16-28)26-13-19-6-8-25-21(12-19)29-15-18-4-5-18;/h6,8-9,11-12,16-18,20H,3-5,7,10,13-15H2,1-2H3,(H,24,26);1H. The van der Waals surface area contributed by atoms with Crippen molar-refractivity contribution < 1.29 is 4.74 Å². The Morgan fingerprint density at radius 1 is 1.30 bits per heavy atom. The maximum absolute atomic E-state index is 5.81. The van der Waals surface area contributed by atoms with Gasteiger partial charge in [0.25, 0.3) is 0 Å². The largest absolute Gasteiger partial charge is 0.477 e. The van der Waals surface area contributed by atoms with Gasteiger partial charge in [0, 0.05) is 44.3 Å². The number of rotatable bonds is 7. The van der Waals surface area contributed by atoms with Crippen LogP contribution in [0.4, 0.5) is 0 Å². The number of nitrogens with zero attached hydrogens (tertiary/aromatic N) is 5. The van der Waals surface area contributed by atoms with Gasteiger partial charge in [-0.25, -0.2) is 15.0 Å². The first kappa shape index (κ1) is 22.8. The van der Waals surface area contributed by atoms with Crippen LogP contribution in [0, 0.1) is 11.8 Å². The second-order valence-electron chi connectivity index (χ2n) is 8.22.